The van der Waals surface area contributed by atoms with E-state index in [1.54, 1.807) is 16.4 Å². The Morgan fingerprint density at radius 3 is 2.71 bits per heavy atom. The zero-order valence-corrected chi connectivity index (χ0v) is 14.7. The average Bonchev–Trinajstić information content (AvgIpc) is 2.45. The first-order chi connectivity index (χ1) is 9.76. The van der Waals surface area contributed by atoms with E-state index < -0.39 is 10.0 Å². The second kappa shape index (κ2) is 6.28. The molecule has 0 radical (unpaired) electrons. The van der Waals surface area contributed by atoms with Crippen molar-refractivity contribution in [1.29, 1.82) is 0 Å². The Morgan fingerprint density at radius 2 is 2.10 bits per heavy atom. The lowest BCUT2D eigenvalue weighted by atomic mass is 10.1. The molecule has 21 heavy (non-hydrogen) atoms. The monoisotopic (exact) mass is 328 g/mol. The van der Waals surface area contributed by atoms with Crippen LogP contribution in [0.1, 0.15) is 32.4 Å². The van der Waals surface area contributed by atoms with E-state index in [9.17, 15) is 8.42 Å². The maximum Gasteiger partial charge on any atom is 0.243 e. The molecule has 0 aromatic heterocycles. The summed E-state index contributed by atoms with van der Waals surface area (Å²) in [4.78, 5) is 0.393. The third-order valence-electron chi connectivity index (χ3n) is 3.82. The van der Waals surface area contributed by atoms with Crippen molar-refractivity contribution in [2.75, 3.05) is 25.9 Å². The Labute approximate surface area is 132 Å². The van der Waals surface area contributed by atoms with Crippen molar-refractivity contribution in [2.24, 2.45) is 0 Å². The van der Waals surface area contributed by atoms with Crippen molar-refractivity contribution in [3.05, 3.63) is 29.8 Å². The normalized spacial score (nSPS) is 21.1. The van der Waals surface area contributed by atoms with Gasteiger partial charge in [0.15, 0.2) is 0 Å². The van der Waals surface area contributed by atoms with Crippen LogP contribution in [0, 0.1) is 0 Å². The molecule has 1 aliphatic rings. The Kier molecular flexibility index (Phi) is 5.03. The fourth-order valence-electron chi connectivity index (χ4n) is 2.44. The molecule has 1 aromatic rings. The van der Waals surface area contributed by atoms with Gasteiger partial charge in [-0.1, -0.05) is 12.1 Å². The predicted molar refractivity (Wildman–Crippen MR) is 89.2 cm³/mol. The van der Waals surface area contributed by atoms with E-state index in [4.69, 9.17) is 0 Å². The first kappa shape index (κ1) is 16.8. The van der Waals surface area contributed by atoms with Crippen molar-refractivity contribution in [2.45, 2.75) is 36.5 Å². The number of nitrogens with zero attached hydrogens (tertiary/aromatic N) is 1. The molecule has 0 spiro atoms. The van der Waals surface area contributed by atoms with Crippen LogP contribution in [-0.4, -0.2) is 43.4 Å². The molecule has 2 rings (SSSR count). The summed E-state index contributed by atoms with van der Waals surface area (Å²) in [5.74, 6) is 0.846. The SMILES string of the molecule is CNC(C)c1cccc(S(=O)(=O)N2CCSC(C)(C)C2)c1. The minimum absolute atomic E-state index is 0.0266. The Bertz CT molecular complexity index is 599. The summed E-state index contributed by atoms with van der Waals surface area (Å²) in [6.07, 6.45) is 0. The van der Waals surface area contributed by atoms with Crippen LogP contribution in [0.25, 0.3) is 0 Å². The summed E-state index contributed by atoms with van der Waals surface area (Å²) in [5.41, 5.74) is 0.990. The van der Waals surface area contributed by atoms with Crippen molar-refractivity contribution < 1.29 is 8.42 Å². The molecular weight excluding hydrogens is 304 g/mol. The summed E-state index contributed by atoms with van der Waals surface area (Å²) in [6, 6.07) is 7.38. The number of rotatable bonds is 4. The van der Waals surface area contributed by atoms with E-state index in [0.717, 1.165) is 11.3 Å². The molecule has 0 amide bonds. The van der Waals surface area contributed by atoms with Crippen molar-refractivity contribution in [3.8, 4) is 0 Å². The largest absolute Gasteiger partial charge is 0.313 e. The van der Waals surface area contributed by atoms with Gasteiger partial charge in [0.1, 0.15) is 0 Å². The summed E-state index contributed by atoms with van der Waals surface area (Å²) in [6.45, 7) is 7.36. The van der Waals surface area contributed by atoms with Crippen LogP contribution in [0.5, 0.6) is 0 Å². The van der Waals surface area contributed by atoms with Gasteiger partial charge in [-0.15, -0.1) is 0 Å². The zero-order chi connectivity index (χ0) is 15.7. The Morgan fingerprint density at radius 1 is 1.38 bits per heavy atom. The van der Waals surface area contributed by atoms with Crippen LogP contribution in [0.4, 0.5) is 0 Å². The highest BCUT2D eigenvalue weighted by Crippen LogP contribution is 2.32. The first-order valence-electron chi connectivity index (χ1n) is 7.17. The molecule has 4 nitrogen and oxygen atoms in total. The molecule has 0 bridgehead atoms. The molecule has 118 valence electrons. The first-order valence-corrected chi connectivity index (χ1v) is 9.60. The van der Waals surface area contributed by atoms with Gasteiger partial charge in [-0.3, -0.25) is 0 Å². The van der Waals surface area contributed by atoms with Gasteiger partial charge in [0.2, 0.25) is 10.0 Å². The van der Waals surface area contributed by atoms with Gasteiger partial charge in [0.05, 0.1) is 4.90 Å². The molecule has 1 fully saturated rings. The second-order valence-corrected chi connectivity index (χ2v) is 9.77. The molecular formula is C15H24N2O2S2. The van der Waals surface area contributed by atoms with E-state index in [1.807, 2.05) is 37.9 Å². The quantitative estimate of drug-likeness (QED) is 0.922. The standard InChI is InChI=1S/C15H24N2O2S2/c1-12(16-4)13-6-5-7-14(10-13)21(18,19)17-8-9-20-15(2,3)11-17/h5-7,10,12,16H,8-9,11H2,1-4H3. The van der Waals surface area contributed by atoms with Crippen molar-refractivity contribution >= 4 is 21.8 Å². The number of benzene rings is 1. The highest BCUT2D eigenvalue weighted by atomic mass is 32.2. The summed E-state index contributed by atoms with van der Waals surface area (Å²) < 4.78 is 27.3. The van der Waals surface area contributed by atoms with Gasteiger partial charge >= 0.3 is 0 Å². The van der Waals surface area contributed by atoms with Crippen LogP contribution < -0.4 is 5.32 Å². The van der Waals surface area contributed by atoms with E-state index in [2.05, 4.69) is 19.2 Å². The van der Waals surface area contributed by atoms with Crippen LogP contribution in [0.3, 0.4) is 0 Å². The van der Waals surface area contributed by atoms with E-state index in [1.165, 1.54) is 0 Å². The Hall–Kier alpha value is -0.560. The lowest BCUT2D eigenvalue weighted by Crippen LogP contribution is -2.46. The third-order valence-corrected chi connectivity index (χ3v) is 6.96. The van der Waals surface area contributed by atoms with Gasteiger partial charge < -0.3 is 5.32 Å². The zero-order valence-electron chi connectivity index (χ0n) is 13.1. The molecule has 0 saturated carbocycles. The molecule has 1 atom stereocenters. The van der Waals surface area contributed by atoms with Crippen molar-refractivity contribution in [3.63, 3.8) is 0 Å². The summed E-state index contributed by atoms with van der Waals surface area (Å²) in [5, 5.41) is 3.14. The maximum absolute atomic E-state index is 12.8. The summed E-state index contributed by atoms with van der Waals surface area (Å²) >= 11 is 1.83. The molecule has 1 heterocycles. The Balaban J connectivity index is 2.31. The van der Waals surface area contributed by atoms with Crippen LogP contribution in [0.15, 0.2) is 29.2 Å². The summed E-state index contributed by atoms with van der Waals surface area (Å²) in [7, 11) is -1.53. The lowest BCUT2D eigenvalue weighted by molar-refractivity contribution is 0.387. The predicted octanol–water partition coefficient (Wildman–Crippen LogP) is 2.48. The molecule has 1 saturated heterocycles. The van der Waals surface area contributed by atoms with Crippen LogP contribution in [0.2, 0.25) is 0 Å². The molecule has 1 N–H and O–H groups in total. The number of nitrogens with one attached hydrogen (secondary N) is 1. The molecule has 1 aliphatic heterocycles. The fraction of sp³-hybridized carbons (Fsp3) is 0.600. The smallest absolute Gasteiger partial charge is 0.243 e. The van der Waals surface area contributed by atoms with E-state index in [-0.39, 0.29) is 10.8 Å². The maximum atomic E-state index is 12.8. The molecule has 6 heteroatoms. The van der Waals surface area contributed by atoms with E-state index >= 15 is 0 Å². The number of hydrogen-bond donors (Lipinski definition) is 1. The molecule has 1 aromatic carbocycles. The number of hydrogen-bond acceptors (Lipinski definition) is 4. The van der Waals surface area contributed by atoms with Gasteiger partial charge in [0.25, 0.3) is 0 Å². The number of thioether (sulfide) groups is 1. The highest BCUT2D eigenvalue weighted by Gasteiger charge is 2.34. The molecule has 1 unspecified atom stereocenters. The number of sulfonamides is 1. The van der Waals surface area contributed by atoms with Crippen molar-refractivity contribution in [1.82, 2.24) is 9.62 Å². The topological polar surface area (TPSA) is 49.4 Å². The van der Waals surface area contributed by atoms with Crippen LogP contribution >= 0.6 is 11.8 Å². The minimum Gasteiger partial charge on any atom is -0.313 e. The van der Waals surface area contributed by atoms with Gasteiger partial charge in [-0.2, -0.15) is 16.1 Å². The van der Waals surface area contributed by atoms with Crippen LogP contribution in [-0.2, 0) is 10.0 Å². The molecule has 0 aliphatic carbocycles. The minimum atomic E-state index is -3.41. The third kappa shape index (κ3) is 3.80. The van der Waals surface area contributed by atoms with Gasteiger partial charge in [-0.05, 0) is 45.5 Å². The van der Waals surface area contributed by atoms with Gasteiger partial charge in [-0.25, -0.2) is 8.42 Å². The highest BCUT2D eigenvalue weighted by molar-refractivity contribution is 8.00. The lowest BCUT2D eigenvalue weighted by Gasteiger charge is -2.36. The van der Waals surface area contributed by atoms with E-state index in [0.29, 0.717) is 18.0 Å². The second-order valence-electron chi connectivity index (χ2n) is 6.03. The fourth-order valence-corrected chi connectivity index (χ4v) is 5.41. The van der Waals surface area contributed by atoms with Gasteiger partial charge in [0, 0.05) is 29.6 Å². The average molecular weight is 329 g/mol.